The van der Waals surface area contributed by atoms with E-state index in [0.717, 1.165) is 0 Å². The van der Waals surface area contributed by atoms with Gasteiger partial charge in [0.25, 0.3) is 11.5 Å². The number of rotatable bonds is 5. The van der Waals surface area contributed by atoms with Gasteiger partial charge in [-0.1, -0.05) is 12.1 Å². The van der Waals surface area contributed by atoms with Crippen LogP contribution in [0.4, 0.5) is 4.39 Å². The largest absolute Gasteiger partial charge is 0.490 e. The summed E-state index contributed by atoms with van der Waals surface area (Å²) in [6.45, 7) is 0.737. The fourth-order valence-electron chi connectivity index (χ4n) is 3.46. The summed E-state index contributed by atoms with van der Waals surface area (Å²) in [5, 5.41) is 2.48. The van der Waals surface area contributed by atoms with Gasteiger partial charge < -0.3 is 19.9 Å². The number of ether oxygens (including phenoxy) is 1. The molecule has 1 aliphatic heterocycles. The maximum absolute atomic E-state index is 13.0. The maximum atomic E-state index is 13.0. The Morgan fingerprint density at radius 2 is 1.84 bits per heavy atom. The van der Waals surface area contributed by atoms with Gasteiger partial charge in [-0.15, -0.1) is 0 Å². The lowest BCUT2D eigenvalue weighted by Gasteiger charge is -2.32. The molecule has 0 radical (unpaired) electrons. The molecule has 1 saturated heterocycles. The normalized spacial score (nSPS) is 14.4. The Kier molecular flexibility index (Phi) is 5.92. The zero-order chi connectivity index (χ0) is 21.8. The summed E-state index contributed by atoms with van der Waals surface area (Å²) in [6.07, 6.45) is 1.19. The molecular formula is C22H21FN4O4. The highest BCUT2D eigenvalue weighted by Gasteiger charge is 2.24. The number of H-pyrrole nitrogens is 1. The lowest BCUT2D eigenvalue weighted by Crippen LogP contribution is -2.46. The molecule has 31 heavy (non-hydrogen) atoms. The van der Waals surface area contributed by atoms with Crippen molar-refractivity contribution >= 4 is 22.8 Å². The van der Waals surface area contributed by atoms with E-state index in [0.29, 0.717) is 42.7 Å². The molecule has 2 N–H and O–H groups in total. The number of nitrogens with one attached hydrogen (secondary N) is 2. The minimum atomic E-state index is -0.699. The van der Waals surface area contributed by atoms with Crippen LogP contribution < -0.4 is 15.6 Å². The molecule has 2 heterocycles. The van der Waals surface area contributed by atoms with Crippen LogP contribution in [0.15, 0.2) is 53.3 Å². The van der Waals surface area contributed by atoms with Crippen molar-refractivity contribution in [2.75, 3.05) is 19.6 Å². The zero-order valence-electron chi connectivity index (χ0n) is 16.6. The number of piperidine rings is 1. The number of amides is 2. The Balaban J connectivity index is 1.28. The minimum Gasteiger partial charge on any atom is -0.490 e. The van der Waals surface area contributed by atoms with E-state index in [1.54, 1.807) is 41.3 Å². The van der Waals surface area contributed by atoms with Crippen molar-refractivity contribution in [3.8, 4) is 5.75 Å². The third-order valence-corrected chi connectivity index (χ3v) is 5.13. The minimum absolute atomic E-state index is 0.0653. The summed E-state index contributed by atoms with van der Waals surface area (Å²) >= 11 is 0. The molecular weight excluding hydrogens is 403 g/mol. The number of halogens is 1. The molecule has 1 aromatic heterocycles. The van der Waals surface area contributed by atoms with Gasteiger partial charge in [0.15, 0.2) is 5.69 Å². The Hall–Kier alpha value is -3.75. The third kappa shape index (κ3) is 4.88. The van der Waals surface area contributed by atoms with E-state index in [4.69, 9.17) is 4.74 Å². The number of aromatic nitrogens is 2. The Morgan fingerprint density at radius 1 is 1.13 bits per heavy atom. The highest BCUT2D eigenvalue weighted by atomic mass is 19.1. The number of hydrogen-bond donors (Lipinski definition) is 2. The number of carbonyl (C=O) groups is 2. The van der Waals surface area contributed by atoms with Gasteiger partial charge in [-0.05, 0) is 36.4 Å². The number of benzene rings is 2. The first-order valence-corrected chi connectivity index (χ1v) is 9.97. The topological polar surface area (TPSA) is 104 Å². The van der Waals surface area contributed by atoms with Crippen molar-refractivity contribution < 1.29 is 18.7 Å². The van der Waals surface area contributed by atoms with E-state index in [2.05, 4.69) is 15.3 Å². The zero-order valence-corrected chi connectivity index (χ0v) is 16.6. The van der Waals surface area contributed by atoms with Gasteiger partial charge in [-0.3, -0.25) is 14.4 Å². The Labute approximate surface area is 177 Å². The number of carbonyl (C=O) groups excluding carboxylic acids is 2. The van der Waals surface area contributed by atoms with E-state index < -0.39 is 11.5 Å². The van der Waals surface area contributed by atoms with Gasteiger partial charge in [0.05, 0.1) is 17.6 Å². The average molecular weight is 424 g/mol. The SMILES string of the molecule is O=C(NCC(=O)N1CCC(Oc2ccc(F)cc2)CC1)c1nc2ccccc2[nH]c1=O. The molecule has 0 atom stereocenters. The number of nitrogens with zero attached hydrogens (tertiary/aromatic N) is 2. The van der Waals surface area contributed by atoms with Crippen molar-refractivity contribution in [3.63, 3.8) is 0 Å². The molecule has 1 fully saturated rings. The lowest BCUT2D eigenvalue weighted by molar-refractivity contribution is -0.131. The predicted octanol–water partition coefficient (Wildman–Crippen LogP) is 1.86. The van der Waals surface area contributed by atoms with E-state index in [1.165, 1.54) is 12.1 Å². The Morgan fingerprint density at radius 3 is 2.58 bits per heavy atom. The standard InChI is InChI=1S/C22H21FN4O4/c23-14-5-7-15(8-6-14)31-16-9-11-27(12-10-16)19(28)13-24-21(29)20-22(30)26-18-4-2-1-3-17(18)25-20/h1-8,16H,9-13H2,(H,24,29)(H,26,30). The summed E-state index contributed by atoms with van der Waals surface area (Å²) < 4.78 is 18.8. The van der Waals surface area contributed by atoms with Crippen LogP contribution in [-0.2, 0) is 4.79 Å². The number of hydrogen-bond acceptors (Lipinski definition) is 5. The molecule has 0 saturated carbocycles. The molecule has 3 aromatic rings. The summed E-state index contributed by atoms with van der Waals surface area (Å²) in [4.78, 5) is 45.3. The molecule has 0 bridgehead atoms. The lowest BCUT2D eigenvalue weighted by atomic mass is 10.1. The highest BCUT2D eigenvalue weighted by molar-refractivity contribution is 5.95. The molecule has 2 amide bonds. The summed E-state index contributed by atoms with van der Waals surface area (Å²) in [5.41, 5.74) is 0.132. The van der Waals surface area contributed by atoms with E-state index in [-0.39, 0.29) is 30.1 Å². The van der Waals surface area contributed by atoms with Gasteiger partial charge in [0, 0.05) is 25.9 Å². The van der Waals surface area contributed by atoms with E-state index in [9.17, 15) is 18.8 Å². The molecule has 0 spiro atoms. The fourth-order valence-corrected chi connectivity index (χ4v) is 3.46. The van der Waals surface area contributed by atoms with Crippen LogP contribution in [-0.4, -0.2) is 52.4 Å². The average Bonchev–Trinajstić information content (AvgIpc) is 2.79. The second-order valence-electron chi connectivity index (χ2n) is 7.27. The molecule has 160 valence electrons. The molecule has 4 rings (SSSR count). The molecule has 0 unspecified atom stereocenters. The summed E-state index contributed by atoms with van der Waals surface area (Å²) in [7, 11) is 0. The summed E-state index contributed by atoms with van der Waals surface area (Å²) in [5.74, 6) is -0.678. The van der Waals surface area contributed by atoms with Gasteiger partial charge >= 0.3 is 0 Å². The fraction of sp³-hybridized carbons (Fsp3) is 0.273. The number of fused-ring (bicyclic) bond motifs is 1. The van der Waals surface area contributed by atoms with E-state index in [1.807, 2.05) is 0 Å². The third-order valence-electron chi connectivity index (χ3n) is 5.13. The van der Waals surface area contributed by atoms with Gasteiger partial charge in [0.1, 0.15) is 17.7 Å². The Bertz CT molecular complexity index is 1150. The van der Waals surface area contributed by atoms with Crippen LogP contribution in [0.2, 0.25) is 0 Å². The van der Waals surface area contributed by atoms with Gasteiger partial charge in [-0.2, -0.15) is 0 Å². The first kappa shape index (κ1) is 20.5. The van der Waals surface area contributed by atoms with Crippen LogP contribution in [0.1, 0.15) is 23.3 Å². The van der Waals surface area contributed by atoms with Crippen LogP contribution in [0, 0.1) is 5.82 Å². The van der Waals surface area contributed by atoms with E-state index >= 15 is 0 Å². The summed E-state index contributed by atoms with van der Waals surface area (Å²) in [6, 6.07) is 12.7. The second-order valence-corrected chi connectivity index (χ2v) is 7.27. The van der Waals surface area contributed by atoms with Crippen LogP contribution >= 0.6 is 0 Å². The van der Waals surface area contributed by atoms with Crippen LogP contribution in [0.25, 0.3) is 11.0 Å². The van der Waals surface area contributed by atoms with Crippen molar-refractivity contribution in [2.45, 2.75) is 18.9 Å². The van der Waals surface area contributed by atoms with Crippen molar-refractivity contribution in [3.05, 3.63) is 70.4 Å². The first-order chi connectivity index (χ1) is 15.0. The van der Waals surface area contributed by atoms with Crippen molar-refractivity contribution in [1.82, 2.24) is 20.2 Å². The van der Waals surface area contributed by atoms with Crippen molar-refractivity contribution in [1.29, 1.82) is 0 Å². The highest BCUT2D eigenvalue weighted by Crippen LogP contribution is 2.19. The smallest absolute Gasteiger partial charge is 0.280 e. The van der Waals surface area contributed by atoms with Gasteiger partial charge in [-0.25, -0.2) is 9.37 Å². The predicted molar refractivity (Wildman–Crippen MR) is 111 cm³/mol. The number of likely N-dealkylation sites (tertiary alicyclic amines) is 1. The molecule has 2 aromatic carbocycles. The maximum Gasteiger partial charge on any atom is 0.280 e. The number of aromatic amines is 1. The molecule has 1 aliphatic rings. The van der Waals surface area contributed by atoms with Crippen LogP contribution in [0.5, 0.6) is 5.75 Å². The van der Waals surface area contributed by atoms with Crippen LogP contribution in [0.3, 0.4) is 0 Å². The second kappa shape index (κ2) is 8.95. The molecule has 8 nitrogen and oxygen atoms in total. The van der Waals surface area contributed by atoms with Crippen molar-refractivity contribution in [2.24, 2.45) is 0 Å². The molecule has 0 aliphatic carbocycles. The first-order valence-electron chi connectivity index (χ1n) is 9.97. The number of para-hydroxylation sites is 2. The quantitative estimate of drug-likeness (QED) is 0.651. The monoisotopic (exact) mass is 424 g/mol. The van der Waals surface area contributed by atoms with Gasteiger partial charge in [0.2, 0.25) is 5.91 Å². The molecule has 9 heteroatoms.